The van der Waals surface area contributed by atoms with E-state index in [4.69, 9.17) is 0 Å². The van der Waals surface area contributed by atoms with E-state index < -0.39 is 0 Å². The zero-order valence-corrected chi connectivity index (χ0v) is 10.7. The van der Waals surface area contributed by atoms with Gasteiger partial charge in [-0.2, -0.15) is 0 Å². The van der Waals surface area contributed by atoms with Crippen molar-refractivity contribution in [2.24, 2.45) is 0 Å². The van der Waals surface area contributed by atoms with Crippen LogP contribution in [0.4, 0.5) is 0 Å². The van der Waals surface area contributed by atoms with Crippen LogP contribution < -0.4 is 5.32 Å². The highest BCUT2D eigenvalue weighted by atomic mass is 16.2. The third-order valence-corrected chi connectivity index (χ3v) is 3.77. The summed E-state index contributed by atoms with van der Waals surface area (Å²) >= 11 is 0. The minimum absolute atomic E-state index is 0.0431. The monoisotopic (exact) mass is 245 g/mol. The Morgan fingerprint density at radius 3 is 3.00 bits per heavy atom. The number of aromatic nitrogens is 1. The van der Waals surface area contributed by atoms with E-state index in [0.29, 0.717) is 12.6 Å². The maximum Gasteiger partial charge on any atom is 0.240 e. The highest BCUT2D eigenvalue weighted by Gasteiger charge is 2.35. The van der Waals surface area contributed by atoms with Gasteiger partial charge in [-0.3, -0.25) is 9.78 Å². The maximum absolute atomic E-state index is 12.2. The van der Waals surface area contributed by atoms with E-state index in [0.717, 1.165) is 24.2 Å². The van der Waals surface area contributed by atoms with Gasteiger partial charge in [0.05, 0.1) is 18.3 Å². The Kier molecular flexibility index (Phi) is 3.04. The molecule has 2 aliphatic rings. The van der Waals surface area contributed by atoms with Crippen LogP contribution in [0.5, 0.6) is 0 Å². The number of hydrogen-bond donors (Lipinski definition) is 1. The zero-order valence-electron chi connectivity index (χ0n) is 10.7. The highest BCUT2D eigenvalue weighted by Crippen LogP contribution is 2.23. The molecule has 0 aromatic carbocycles. The summed E-state index contributed by atoms with van der Waals surface area (Å²) in [6.07, 6.45) is 5.18. The number of carbonyl (C=O) groups is 1. The zero-order chi connectivity index (χ0) is 12.5. The van der Waals surface area contributed by atoms with Gasteiger partial charge in [0.1, 0.15) is 0 Å². The average Bonchev–Trinajstić information content (AvgIpc) is 3.12. The lowest BCUT2D eigenvalue weighted by Crippen LogP contribution is -2.39. The second-order valence-electron chi connectivity index (χ2n) is 5.31. The molecule has 2 heterocycles. The summed E-state index contributed by atoms with van der Waals surface area (Å²) in [4.78, 5) is 18.5. The Morgan fingerprint density at radius 1 is 1.44 bits per heavy atom. The van der Waals surface area contributed by atoms with Crippen LogP contribution in [-0.2, 0) is 11.3 Å². The van der Waals surface area contributed by atoms with Crippen LogP contribution >= 0.6 is 0 Å². The fraction of sp³-hybridized carbons (Fsp3) is 0.571. The molecule has 3 rings (SSSR count). The Hall–Kier alpha value is -1.42. The molecule has 1 aliphatic carbocycles. The molecule has 1 amide bonds. The molecule has 18 heavy (non-hydrogen) atoms. The molecule has 96 valence electrons. The first kappa shape index (κ1) is 11.7. The largest absolute Gasteiger partial charge is 0.335 e. The molecule has 4 heteroatoms. The first-order valence-electron chi connectivity index (χ1n) is 6.69. The van der Waals surface area contributed by atoms with Gasteiger partial charge in [0, 0.05) is 18.8 Å². The number of likely N-dealkylation sites (tertiary alicyclic amines) is 1. The van der Waals surface area contributed by atoms with Gasteiger partial charge < -0.3 is 10.2 Å². The molecule has 1 N–H and O–H groups in total. The standard InChI is InChI=1S/C14H19N3O/c1-10-3-2-7-15-13(10)9-17-8-6-12(14(17)18)16-11-4-5-11/h2-3,7,11-12,16H,4-6,8-9H2,1H3. The summed E-state index contributed by atoms with van der Waals surface area (Å²) in [6.45, 7) is 3.54. The SMILES string of the molecule is Cc1cccnc1CN1CCC(NC2CC2)C1=O. The molecule has 0 radical (unpaired) electrons. The third kappa shape index (κ3) is 2.38. The van der Waals surface area contributed by atoms with E-state index in [1.54, 1.807) is 6.20 Å². The minimum atomic E-state index is 0.0431. The van der Waals surface area contributed by atoms with Gasteiger partial charge in [-0.05, 0) is 37.8 Å². The molecule has 1 saturated carbocycles. The summed E-state index contributed by atoms with van der Waals surface area (Å²) < 4.78 is 0. The van der Waals surface area contributed by atoms with Gasteiger partial charge in [-0.25, -0.2) is 0 Å². The van der Waals surface area contributed by atoms with E-state index in [1.807, 2.05) is 24.0 Å². The topological polar surface area (TPSA) is 45.2 Å². The molecule has 4 nitrogen and oxygen atoms in total. The van der Waals surface area contributed by atoms with E-state index in [-0.39, 0.29) is 11.9 Å². The summed E-state index contributed by atoms with van der Waals surface area (Å²) in [5, 5.41) is 3.42. The molecular formula is C14H19N3O. The Bertz CT molecular complexity index is 456. The van der Waals surface area contributed by atoms with Crippen molar-refractivity contribution in [3.05, 3.63) is 29.6 Å². The fourth-order valence-electron chi connectivity index (χ4n) is 2.45. The van der Waals surface area contributed by atoms with Crippen LogP contribution in [0.25, 0.3) is 0 Å². The van der Waals surface area contributed by atoms with Gasteiger partial charge in [0.2, 0.25) is 5.91 Å². The van der Waals surface area contributed by atoms with Crippen LogP contribution in [0.3, 0.4) is 0 Å². The molecule has 1 aromatic heterocycles. The van der Waals surface area contributed by atoms with Crippen molar-refractivity contribution < 1.29 is 4.79 Å². The summed E-state index contributed by atoms with van der Waals surface area (Å²) in [7, 11) is 0. The molecule has 1 unspecified atom stereocenters. The van der Waals surface area contributed by atoms with Crippen LogP contribution in [0.2, 0.25) is 0 Å². The van der Waals surface area contributed by atoms with Crippen molar-refractivity contribution in [1.82, 2.24) is 15.2 Å². The molecule has 0 spiro atoms. The number of nitrogens with one attached hydrogen (secondary N) is 1. The summed E-state index contributed by atoms with van der Waals surface area (Å²) in [6, 6.07) is 4.61. The number of rotatable bonds is 4. The molecule has 1 aliphatic heterocycles. The van der Waals surface area contributed by atoms with Gasteiger partial charge in [0.15, 0.2) is 0 Å². The van der Waals surface area contributed by atoms with E-state index in [2.05, 4.69) is 10.3 Å². The number of carbonyl (C=O) groups excluding carboxylic acids is 1. The van der Waals surface area contributed by atoms with Crippen molar-refractivity contribution in [2.75, 3.05) is 6.54 Å². The van der Waals surface area contributed by atoms with Gasteiger partial charge in [-0.1, -0.05) is 6.07 Å². The van der Waals surface area contributed by atoms with Crippen LogP contribution in [0.15, 0.2) is 18.3 Å². The summed E-state index contributed by atoms with van der Waals surface area (Å²) in [5.41, 5.74) is 2.17. The molecule has 1 aromatic rings. The Balaban J connectivity index is 1.63. The predicted molar refractivity (Wildman–Crippen MR) is 69.0 cm³/mol. The van der Waals surface area contributed by atoms with E-state index in [1.165, 1.54) is 12.8 Å². The van der Waals surface area contributed by atoms with Crippen LogP contribution in [0, 0.1) is 6.92 Å². The quantitative estimate of drug-likeness (QED) is 0.868. The number of amides is 1. The molecule has 0 bridgehead atoms. The maximum atomic E-state index is 12.2. The van der Waals surface area contributed by atoms with Gasteiger partial charge in [-0.15, -0.1) is 0 Å². The summed E-state index contributed by atoms with van der Waals surface area (Å²) in [5.74, 6) is 0.243. The second kappa shape index (κ2) is 4.69. The number of nitrogens with zero attached hydrogens (tertiary/aromatic N) is 2. The molecule has 1 saturated heterocycles. The van der Waals surface area contributed by atoms with Gasteiger partial charge in [0.25, 0.3) is 0 Å². The highest BCUT2D eigenvalue weighted by molar-refractivity contribution is 5.84. The van der Waals surface area contributed by atoms with Crippen molar-refractivity contribution in [3.63, 3.8) is 0 Å². The van der Waals surface area contributed by atoms with E-state index in [9.17, 15) is 4.79 Å². The average molecular weight is 245 g/mol. The lowest BCUT2D eigenvalue weighted by molar-refractivity contribution is -0.130. The number of aryl methyl sites for hydroxylation is 1. The van der Waals surface area contributed by atoms with Crippen molar-refractivity contribution in [2.45, 2.75) is 44.8 Å². The first-order chi connectivity index (χ1) is 8.74. The molecule has 2 fully saturated rings. The first-order valence-corrected chi connectivity index (χ1v) is 6.69. The fourth-order valence-corrected chi connectivity index (χ4v) is 2.45. The van der Waals surface area contributed by atoms with Crippen LogP contribution in [0.1, 0.15) is 30.5 Å². The van der Waals surface area contributed by atoms with Crippen molar-refractivity contribution in [1.29, 1.82) is 0 Å². The van der Waals surface area contributed by atoms with E-state index >= 15 is 0 Å². The number of hydrogen-bond acceptors (Lipinski definition) is 3. The lowest BCUT2D eigenvalue weighted by Gasteiger charge is -2.17. The van der Waals surface area contributed by atoms with Gasteiger partial charge >= 0.3 is 0 Å². The molecular weight excluding hydrogens is 226 g/mol. The van der Waals surface area contributed by atoms with Crippen molar-refractivity contribution >= 4 is 5.91 Å². The second-order valence-corrected chi connectivity index (χ2v) is 5.31. The number of pyridine rings is 1. The predicted octanol–water partition coefficient (Wildman–Crippen LogP) is 1.24. The smallest absolute Gasteiger partial charge is 0.240 e. The normalized spacial score (nSPS) is 23.7. The minimum Gasteiger partial charge on any atom is -0.335 e. The molecule has 1 atom stereocenters. The Labute approximate surface area is 107 Å². The lowest BCUT2D eigenvalue weighted by atomic mass is 10.2. The third-order valence-electron chi connectivity index (χ3n) is 3.77. The van der Waals surface area contributed by atoms with Crippen LogP contribution in [-0.4, -0.2) is 34.4 Å². The Morgan fingerprint density at radius 2 is 2.28 bits per heavy atom. The van der Waals surface area contributed by atoms with Crippen molar-refractivity contribution in [3.8, 4) is 0 Å².